The van der Waals surface area contributed by atoms with E-state index in [1.54, 1.807) is 0 Å². The lowest BCUT2D eigenvalue weighted by Crippen LogP contribution is -2.66. The second-order valence-corrected chi connectivity index (χ2v) is 23.6. The molecule has 3 N–H and O–H groups in total. The minimum atomic E-state index is -4.47. The van der Waals surface area contributed by atoms with Crippen LogP contribution in [0.1, 0.15) is 163 Å². The first-order chi connectivity index (χ1) is 28.6. The first-order valence-corrected chi connectivity index (χ1v) is 23.5. The molecule has 0 spiro atoms. The number of ether oxygens (including phenoxy) is 1. The molecule has 0 radical (unpaired) electrons. The van der Waals surface area contributed by atoms with Crippen molar-refractivity contribution < 1.29 is 42.2 Å². The van der Waals surface area contributed by atoms with Crippen molar-refractivity contribution >= 4 is 23.6 Å². The van der Waals surface area contributed by atoms with E-state index in [1.807, 2.05) is 27.7 Å². The first kappa shape index (κ1) is 46.8. The summed E-state index contributed by atoms with van der Waals surface area (Å²) in [5.41, 5.74) is 0.240. The molecule has 1 aromatic rings. The molecule has 62 heavy (non-hydrogen) atoms. The van der Waals surface area contributed by atoms with Crippen LogP contribution in [0.4, 0.5) is 13.2 Å². The number of Topliss-reactive ketones (excluding diaryl/α,β-unsaturated/α-hetero) is 1. The summed E-state index contributed by atoms with van der Waals surface area (Å²) in [6, 6.07) is 4.27. The number of rotatable bonds is 11. The van der Waals surface area contributed by atoms with E-state index in [4.69, 9.17) is 4.74 Å². The molecule has 5 fully saturated rings. The van der Waals surface area contributed by atoms with Gasteiger partial charge in [-0.05, 0) is 160 Å². The number of fused-ring (bicyclic) bond motifs is 7. The van der Waals surface area contributed by atoms with Crippen molar-refractivity contribution in [2.75, 3.05) is 13.1 Å². The van der Waals surface area contributed by atoms with Crippen LogP contribution in [-0.4, -0.2) is 53.5 Å². The Morgan fingerprint density at radius 3 is 2.10 bits per heavy atom. The van der Waals surface area contributed by atoms with Crippen molar-refractivity contribution in [1.82, 2.24) is 10.6 Å². The largest absolute Gasteiger partial charge is 0.481 e. The monoisotopic (exact) mass is 867 g/mol. The Morgan fingerprint density at radius 2 is 1.50 bits per heavy atom. The predicted molar refractivity (Wildman–Crippen MR) is 233 cm³/mol. The Hall–Kier alpha value is -3.21. The van der Waals surface area contributed by atoms with Gasteiger partial charge in [0.15, 0.2) is 5.78 Å². The fourth-order valence-electron chi connectivity index (χ4n) is 15.2. The van der Waals surface area contributed by atoms with Gasteiger partial charge in [0, 0.05) is 34.9 Å². The number of ketones is 1. The van der Waals surface area contributed by atoms with Gasteiger partial charge in [-0.15, -0.1) is 0 Å². The SMILES string of the molecule is CC(C)C1=C2[C@H]3CC[C@@H]4[C@@]5(C)CC[C@H](OC(=O)[C@H]6C[C@@H](C(=O)O)C6(C)C)C(C)(C)[C@@H]5CC[C@@]4(C)[C@]3(C)CC[C@@]2(CCNCC(C)(C)NC(=O)c2ccc(C(F)(F)F)cc2)CC1=O. The van der Waals surface area contributed by atoms with Crippen molar-refractivity contribution in [2.45, 2.75) is 165 Å². The predicted octanol–water partition coefficient (Wildman–Crippen LogP) is 10.8. The molecular weight excluding hydrogens is 794 g/mol. The fraction of sp³-hybridized carbons (Fsp3) is 0.765. The zero-order valence-corrected chi connectivity index (χ0v) is 39.2. The van der Waals surface area contributed by atoms with Gasteiger partial charge in [0.2, 0.25) is 0 Å². The number of hydrogen-bond donors (Lipinski definition) is 3. The number of carbonyl (C=O) groups excluding carboxylic acids is 3. The Kier molecular flexibility index (Phi) is 11.7. The summed E-state index contributed by atoms with van der Waals surface area (Å²) in [6.45, 7) is 25.3. The van der Waals surface area contributed by atoms with Gasteiger partial charge in [0.1, 0.15) is 6.10 Å². The number of amides is 1. The minimum Gasteiger partial charge on any atom is -0.481 e. The average molecular weight is 867 g/mol. The molecular formula is C51H73F3N2O6. The van der Waals surface area contributed by atoms with Crippen molar-refractivity contribution in [1.29, 1.82) is 0 Å². The quantitative estimate of drug-likeness (QED) is 0.150. The highest BCUT2D eigenvalue weighted by Gasteiger charge is 2.70. The molecule has 1 amide bonds. The lowest BCUT2D eigenvalue weighted by Gasteiger charge is -2.72. The van der Waals surface area contributed by atoms with Crippen LogP contribution in [0.3, 0.4) is 0 Å². The molecule has 0 saturated heterocycles. The topological polar surface area (TPSA) is 122 Å². The average Bonchev–Trinajstić information content (AvgIpc) is 3.46. The maximum absolute atomic E-state index is 14.2. The summed E-state index contributed by atoms with van der Waals surface area (Å²) >= 11 is 0. The Labute approximate surface area is 367 Å². The van der Waals surface area contributed by atoms with E-state index in [0.29, 0.717) is 49.5 Å². The van der Waals surface area contributed by atoms with Crippen molar-refractivity contribution in [2.24, 2.45) is 68.0 Å². The number of nitrogens with one attached hydrogen (secondary N) is 2. The number of hydrogen-bond acceptors (Lipinski definition) is 6. The summed E-state index contributed by atoms with van der Waals surface area (Å²) in [6.07, 6.45) is 5.12. The van der Waals surface area contributed by atoms with Crippen LogP contribution in [0.5, 0.6) is 0 Å². The Balaban J connectivity index is 1.05. The Morgan fingerprint density at radius 1 is 0.839 bits per heavy atom. The fourth-order valence-corrected chi connectivity index (χ4v) is 15.2. The maximum atomic E-state index is 14.2. The number of carboxylic acid groups (broad SMARTS) is 1. The number of alkyl halides is 3. The van der Waals surface area contributed by atoms with Gasteiger partial charge < -0.3 is 20.5 Å². The van der Waals surface area contributed by atoms with Gasteiger partial charge in [-0.2, -0.15) is 13.2 Å². The van der Waals surface area contributed by atoms with E-state index in [9.17, 15) is 37.5 Å². The summed E-state index contributed by atoms with van der Waals surface area (Å²) in [5.74, 6) is -0.844. The third-order valence-electron chi connectivity index (χ3n) is 18.9. The number of benzene rings is 1. The lowest BCUT2D eigenvalue weighted by atomic mass is 9.33. The summed E-state index contributed by atoms with van der Waals surface area (Å²) in [7, 11) is 0. The zero-order valence-electron chi connectivity index (χ0n) is 39.2. The van der Waals surface area contributed by atoms with Gasteiger partial charge in [0.25, 0.3) is 5.91 Å². The number of aliphatic carboxylic acids is 1. The van der Waals surface area contributed by atoms with Crippen LogP contribution < -0.4 is 10.6 Å². The second-order valence-electron chi connectivity index (χ2n) is 23.6. The van der Waals surface area contributed by atoms with Crippen LogP contribution in [0.15, 0.2) is 35.4 Å². The number of carboxylic acids is 1. The minimum absolute atomic E-state index is 0.00936. The van der Waals surface area contributed by atoms with Gasteiger partial charge >= 0.3 is 18.1 Å². The molecule has 7 rings (SSSR count). The van der Waals surface area contributed by atoms with Crippen LogP contribution in [-0.2, 0) is 25.3 Å². The summed E-state index contributed by atoms with van der Waals surface area (Å²) in [4.78, 5) is 52.7. The van der Waals surface area contributed by atoms with Crippen LogP contribution in [0.2, 0.25) is 0 Å². The molecule has 0 unspecified atom stereocenters. The van der Waals surface area contributed by atoms with Crippen molar-refractivity contribution in [3.8, 4) is 0 Å². The van der Waals surface area contributed by atoms with Gasteiger partial charge in [-0.1, -0.05) is 67.9 Å². The lowest BCUT2D eigenvalue weighted by molar-refractivity contribution is -0.236. The zero-order chi connectivity index (χ0) is 45.8. The van der Waals surface area contributed by atoms with Crippen LogP contribution >= 0.6 is 0 Å². The van der Waals surface area contributed by atoms with Gasteiger partial charge in [0.05, 0.1) is 17.4 Å². The van der Waals surface area contributed by atoms with E-state index >= 15 is 0 Å². The number of esters is 1. The molecule has 10 atom stereocenters. The van der Waals surface area contributed by atoms with E-state index in [2.05, 4.69) is 59.1 Å². The molecule has 0 aliphatic heterocycles. The van der Waals surface area contributed by atoms with Crippen molar-refractivity contribution in [3.05, 3.63) is 46.5 Å². The number of halogens is 3. The van der Waals surface area contributed by atoms with Gasteiger partial charge in [-0.25, -0.2) is 0 Å². The van der Waals surface area contributed by atoms with E-state index in [-0.39, 0.29) is 50.6 Å². The van der Waals surface area contributed by atoms with E-state index in [0.717, 1.165) is 75.5 Å². The van der Waals surface area contributed by atoms with Gasteiger partial charge in [-0.3, -0.25) is 19.2 Å². The molecule has 8 nitrogen and oxygen atoms in total. The summed E-state index contributed by atoms with van der Waals surface area (Å²) < 4.78 is 45.7. The Bertz CT molecular complexity index is 2000. The first-order valence-electron chi connectivity index (χ1n) is 23.5. The molecule has 5 saturated carbocycles. The molecule has 6 aliphatic rings. The maximum Gasteiger partial charge on any atom is 0.416 e. The smallest absolute Gasteiger partial charge is 0.416 e. The number of allylic oxidation sites excluding steroid dienone is 2. The second kappa shape index (κ2) is 15.5. The molecule has 0 aromatic heterocycles. The molecule has 11 heteroatoms. The molecule has 6 aliphatic carbocycles. The van der Waals surface area contributed by atoms with Crippen LogP contribution in [0.25, 0.3) is 0 Å². The molecule has 0 heterocycles. The third-order valence-corrected chi connectivity index (χ3v) is 18.9. The molecule has 344 valence electrons. The normalized spacial score (nSPS) is 37.4. The summed E-state index contributed by atoms with van der Waals surface area (Å²) in [5, 5.41) is 16.3. The molecule has 0 bridgehead atoms. The van der Waals surface area contributed by atoms with Crippen LogP contribution in [0, 0.1) is 68.0 Å². The molecule has 1 aromatic carbocycles. The van der Waals surface area contributed by atoms with Crippen molar-refractivity contribution in [3.63, 3.8) is 0 Å². The standard InChI is InChI=1S/C51H73F3N2O6/c1-29(2)39-35(57)27-50(24-25-55-28-44(3,4)56-41(58)30-12-14-31(15-13-30)51(52,53)54)23-22-48(10)32(40(39)50)16-17-37-47(9)20-19-38(46(7,8)36(47)18-21-49(37,48)11)62-43(61)34-26-33(42(59)60)45(34,5)6/h12-15,29,32-34,36-38,55H,16-28H2,1-11H3,(H,56,58)(H,59,60)/t32-,33+,34-,36+,37-,38+,47+,48-,49-,50-/m1/s1. The van der Waals surface area contributed by atoms with E-state index in [1.165, 1.54) is 17.7 Å². The highest BCUT2D eigenvalue weighted by Crippen LogP contribution is 2.77. The highest BCUT2D eigenvalue weighted by molar-refractivity contribution is 6.00. The van der Waals surface area contributed by atoms with E-state index < -0.39 is 46.4 Å². The highest BCUT2D eigenvalue weighted by atomic mass is 19.4. The number of carbonyl (C=O) groups is 4. The third kappa shape index (κ3) is 7.38.